The van der Waals surface area contributed by atoms with Crippen molar-refractivity contribution < 1.29 is 24.3 Å². The van der Waals surface area contributed by atoms with Gasteiger partial charge in [0.05, 0.1) is 0 Å². The Balaban J connectivity index is 2.27. The van der Waals surface area contributed by atoms with Gasteiger partial charge in [-0.15, -0.1) is 0 Å². The van der Waals surface area contributed by atoms with Crippen LogP contribution in [0.4, 0.5) is 0 Å². The molecule has 0 aromatic heterocycles. The summed E-state index contributed by atoms with van der Waals surface area (Å²) in [5.41, 5.74) is 0. The van der Waals surface area contributed by atoms with E-state index in [0.717, 1.165) is 6.42 Å². The molecule has 0 saturated carbocycles. The molecule has 1 aliphatic heterocycles. The van der Waals surface area contributed by atoms with E-state index in [2.05, 4.69) is 5.32 Å². The molecule has 7 heteroatoms. The van der Waals surface area contributed by atoms with Gasteiger partial charge in [0, 0.05) is 6.16 Å². The normalized spacial score (nSPS) is 26.6. The van der Waals surface area contributed by atoms with Crippen LogP contribution in [-0.4, -0.2) is 39.6 Å². The average molecular weight is 251 g/mol. The van der Waals surface area contributed by atoms with Crippen molar-refractivity contribution in [2.24, 2.45) is 5.92 Å². The average Bonchev–Trinajstić information content (AvgIpc) is 2.16. The Hall–Kier alpha value is -0.420. The Morgan fingerprint density at radius 2 is 2.12 bits per heavy atom. The van der Waals surface area contributed by atoms with E-state index in [0.29, 0.717) is 25.8 Å². The molecule has 1 fully saturated rings. The van der Waals surface area contributed by atoms with Gasteiger partial charge in [0.25, 0.3) is 0 Å². The van der Waals surface area contributed by atoms with E-state index < -0.39 is 19.6 Å². The number of piperidine rings is 1. The Bertz CT molecular complexity index is 290. The molecule has 0 spiro atoms. The lowest BCUT2D eigenvalue weighted by atomic mass is 9.89. The van der Waals surface area contributed by atoms with Crippen LogP contribution in [-0.2, 0) is 9.36 Å². The van der Waals surface area contributed by atoms with E-state index >= 15 is 0 Å². The topological polar surface area (TPSA) is 107 Å². The molecule has 0 amide bonds. The highest BCUT2D eigenvalue weighted by Gasteiger charge is 2.26. The van der Waals surface area contributed by atoms with Crippen molar-refractivity contribution in [3.05, 3.63) is 0 Å². The summed E-state index contributed by atoms with van der Waals surface area (Å²) in [6.45, 7) is 0.664. The fourth-order valence-corrected chi connectivity index (χ4v) is 2.63. The van der Waals surface area contributed by atoms with Gasteiger partial charge in [-0.25, -0.2) is 0 Å². The molecule has 94 valence electrons. The molecule has 4 N–H and O–H groups in total. The fourth-order valence-electron chi connectivity index (χ4n) is 2.03. The Morgan fingerprint density at radius 1 is 1.44 bits per heavy atom. The second kappa shape index (κ2) is 5.77. The van der Waals surface area contributed by atoms with Crippen LogP contribution in [0.1, 0.15) is 25.7 Å². The third-order valence-electron chi connectivity index (χ3n) is 2.87. The first kappa shape index (κ1) is 13.6. The lowest BCUT2D eigenvalue weighted by Crippen LogP contribution is -2.43. The smallest absolute Gasteiger partial charge is 0.325 e. The second-order valence-electron chi connectivity index (χ2n) is 4.27. The summed E-state index contributed by atoms with van der Waals surface area (Å²) in [5.74, 6) is -0.589. The summed E-state index contributed by atoms with van der Waals surface area (Å²) in [7, 11) is -3.90. The summed E-state index contributed by atoms with van der Waals surface area (Å²) in [6.07, 6.45) is 2.48. The first-order valence-corrected chi connectivity index (χ1v) is 7.19. The first-order valence-electron chi connectivity index (χ1n) is 5.39. The van der Waals surface area contributed by atoms with E-state index in [9.17, 15) is 9.36 Å². The number of carboxylic acid groups (broad SMARTS) is 1. The molecule has 1 saturated heterocycles. The van der Waals surface area contributed by atoms with Crippen LogP contribution in [0.3, 0.4) is 0 Å². The summed E-state index contributed by atoms with van der Waals surface area (Å²) < 4.78 is 10.6. The van der Waals surface area contributed by atoms with Crippen LogP contribution in [0.15, 0.2) is 0 Å². The van der Waals surface area contributed by atoms with E-state index in [-0.39, 0.29) is 12.1 Å². The van der Waals surface area contributed by atoms with Crippen molar-refractivity contribution in [3.63, 3.8) is 0 Å². The standard InChI is InChI=1S/C9H18NO5P/c11-9(12)8-6-7(3-4-10-8)2-1-5-16(13,14)15/h7-8,10H,1-6H2,(H,11,12)(H2,13,14,15)/t7-,8+/m1/s1. The zero-order valence-corrected chi connectivity index (χ0v) is 9.90. The highest BCUT2D eigenvalue weighted by Crippen LogP contribution is 2.36. The van der Waals surface area contributed by atoms with E-state index in [1.807, 2.05) is 0 Å². The molecule has 0 aromatic rings. The summed E-state index contributed by atoms with van der Waals surface area (Å²) >= 11 is 0. The molecule has 0 aromatic carbocycles. The van der Waals surface area contributed by atoms with Crippen molar-refractivity contribution in [2.45, 2.75) is 31.7 Å². The lowest BCUT2D eigenvalue weighted by molar-refractivity contribution is -0.140. The predicted octanol–water partition coefficient (Wildman–Crippen LogP) is 0.397. The number of hydrogen-bond donors (Lipinski definition) is 4. The maximum absolute atomic E-state index is 10.7. The van der Waals surface area contributed by atoms with Gasteiger partial charge in [0.2, 0.25) is 0 Å². The Morgan fingerprint density at radius 3 is 2.69 bits per heavy atom. The quantitative estimate of drug-likeness (QED) is 0.527. The van der Waals surface area contributed by atoms with Crippen LogP contribution in [0, 0.1) is 5.92 Å². The number of rotatable bonds is 5. The minimum absolute atomic E-state index is 0.103. The van der Waals surface area contributed by atoms with E-state index in [1.54, 1.807) is 0 Å². The lowest BCUT2D eigenvalue weighted by Gasteiger charge is -2.27. The molecular formula is C9H18NO5P. The SMILES string of the molecule is O=C(O)[C@@H]1C[C@H](CCCP(=O)(O)O)CCN1. The van der Waals surface area contributed by atoms with Crippen LogP contribution in [0.5, 0.6) is 0 Å². The van der Waals surface area contributed by atoms with Crippen LogP contribution < -0.4 is 5.32 Å². The van der Waals surface area contributed by atoms with Crippen LogP contribution in [0.25, 0.3) is 0 Å². The number of hydrogen-bond acceptors (Lipinski definition) is 3. The molecule has 1 aliphatic rings. The minimum Gasteiger partial charge on any atom is -0.480 e. The third-order valence-corrected chi connectivity index (χ3v) is 3.77. The Labute approximate surface area is 94.2 Å². The van der Waals surface area contributed by atoms with Crippen molar-refractivity contribution in [2.75, 3.05) is 12.7 Å². The molecule has 2 atom stereocenters. The zero-order chi connectivity index (χ0) is 12.2. The second-order valence-corrected chi connectivity index (χ2v) is 6.04. The highest BCUT2D eigenvalue weighted by atomic mass is 31.2. The number of aliphatic carboxylic acids is 1. The highest BCUT2D eigenvalue weighted by molar-refractivity contribution is 7.51. The Kier molecular flexibility index (Phi) is 4.92. The first-order chi connectivity index (χ1) is 7.38. The zero-order valence-electron chi connectivity index (χ0n) is 9.00. The number of carbonyl (C=O) groups is 1. The van der Waals surface area contributed by atoms with E-state index in [1.165, 1.54) is 0 Å². The molecule has 1 heterocycles. The number of carboxylic acids is 1. The van der Waals surface area contributed by atoms with Gasteiger partial charge < -0.3 is 20.2 Å². The van der Waals surface area contributed by atoms with Gasteiger partial charge in [-0.3, -0.25) is 9.36 Å². The number of nitrogens with one attached hydrogen (secondary N) is 1. The molecular weight excluding hydrogens is 233 g/mol. The van der Waals surface area contributed by atoms with Gasteiger partial charge in [-0.1, -0.05) is 0 Å². The van der Waals surface area contributed by atoms with E-state index in [4.69, 9.17) is 14.9 Å². The fraction of sp³-hybridized carbons (Fsp3) is 0.889. The summed E-state index contributed by atoms with van der Waals surface area (Å²) in [5, 5.41) is 11.7. The van der Waals surface area contributed by atoms with Gasteiger partial charge in [0.1, 0.15) is 6.04 Å². The monoisotopic (exact) mass is 251 g/mol. The van der Waals surface area contributed by atoms with Crippen LogP contribution >= 0.6 is 7.60 Å². The molecule has 6 nitrogen and oxygen atoms in total. The van der Waals surface area contributed by atoms with Crippen molar-refractivity contribution >= 4 is 13.6 Å². The van der Waals surface area contributed by atoms with Gasteiger partial charge in [-0.2, -0.15) is 0 Å². The predicted molar refractivity (Wildman–Crippen MR) is 58.3 cm³/mol. The summed E-state index contributed by atoms with van der Waals surface area (Å²) in [6, 6.07) is -0.506. The van der Waals surface area contributed by atoms with Crippen molar-refractivity contribution in [1.29, 1.82) is 0 Å². The maximum Gasteiger partial charge on any atom is 0.325 e. The minimum atomic E-state index is -3.90. The molecule has 0 unspecified atom stereocenters. The van der Waals surface area contributed by atoms with Crippen molar-refractivity contribution in [1.82, 2.24) is 5.32 Å². The van der Waals surface area contributed by atoms with Gasteiger partial charge in [0.15, 0.2) is 0 Å². The largest absolute Gasteiger partial charge is 0.480 e. The van der Waals surface area contributed by atoms with Crippen molar-refractivity contribution in [3.8, 4) is 0 Å². The van der Waals surface area contributed by atoms with Gasteiger partial charge in [-0.05, 0) is 38.1 Å². The third kappa shape index (κ3) is 5.07. The molecule has 0 radical (unpaired) electrons. The molecule has 1 rings (SSSR count). The molecule has 0 bridgehead atoms. The maximum atomic E-state index is 10.7. The van der Waals surface area contributed by atoms with Gasteiger partial charge >= 0.3 is 13.6 Å². The summed E-state index contributed by atoms with van der Waals surface area (Å²) in [4.78, 5) is 28.1. The van der Waals surface area contributed by atoms with Crippen LogP contribution in [0.2, 0.25) is 0 Å². The molecule has 0 aliphatic carbocycles. The molecule has 16 heavy (non-hydrogen) atoms.